The van der Waals surface area contributed by atoms with E-state index in [-0.39, 0.29) is 0 Å². The summed E-state index contributed by atoms with van der Waals surface area (Å²) in [6, 6.07) is 4.30. The molecule has 0 aromatic carbocycles. The Morgan fingerprint density at radius 1 is 1.38 bits per heavy atom. The molecular weight excluding hydrogens is 198 g/mol. The average molecular weight is 219 g/mol. The Labute approximate surface area is 97.9 Å². The molecule has 0 atom stereocenters. The molecule has 0 bridgehead atoms. The summed E-state index contributed by atoms with van der Waals surface area (Å²) in [5.74, 6) is 1.01. The molecule has 1 aliphatic rings. The maximum atomic E-state index is 4.32. The highest BCUT2D eigenvalue weighted by atomic mass is 15.1. The molecule has 1 saturated heterocycles. The maximum absolute atomic E-state index is 4.32. The van der Waals surface area contributed by atoms with Gasteiger partial charge in [0.25, 0.3) is 0 Å². The van der Waals surface area contributed by atoms with Crippen molar-refractivity contribution < 1.29 is 0 Å². The van der Waals surface area contributed by atoms with Crippen molar-refractivity contribution in [3.05, 3.63) is 23.9 Å². The van der Waals surface area contributed by atoms with Crippen LogP contribution in [0.5, 0.6) is 0 Å². The largest absolute Gasteiger partial charge is 0.370 e. The van der Waals surface area contributed by atoms with Gasteiger partial charge in [-0.05, 0) is 50.0 Å². The molecule has 0 spiro atoms. The van der Waals surface area contributed by atoms with E-state index in [1.807, 2.05) is 6.20 Å². The van der Waals surface area contributed by atoms with E-state index in [9.17, 15) is 0 Å². The molecule has 3 heteroatoms. The van der Waals surface area contributed by atoms with Crippen molar-refractivity contribution in [3.63, 3.8) is 0 Å². The highest BCUT2D eigenvalue weighted by molar-refractivity contribution is 5.37. The van der Waals surface area contributed by atoms with Crippen molar-refractivity contribution in [1.82, 2.24) is 9.88 Å². The molecule has 0 amide bonds. The normalized spacial score (nSPS) is 16.6. The molecular formula is C13H21N3. The first kappa shape index (κ1) is 11.4. The van der Waals surface area contributed by atoms with Crippen LogP contribution in [0, 0.1) is 0 Å². The zero-order valence-corrected chi connectivity index (χ0v) is 10.1. The van der Waals surface area contributed by atoms with E-state index in [0.29, 0.717) is 0 Å². The number of nitrogens with zero attached hydrogens (tertiary/aromatic N) is 2. The third kappa shape index (κ3) is 3.20. The number of likely N-dealkylation sites (tertiary alicyclic amines) is 1. The molecule has 0 radical (unpaired) electrons. The average Bonchev–Trinajstić information content (AvgIpc) is 2.80. The molecule has 2 heterocycles. The van der Waals surface area contributed by atoms with Crippen LogP contribution in [-0.4, -0.2) is 29.5 Å². The van der Waals surface area contributed by atoms with Crippen molar-refractivity contribution in [2.24, 2.45) is 0 Å². The van der Waals surface area contributed by atoms with E-state index in [1.54, 1.807) is 0 Å². The fourth-order valence-electron chi connectivity index (χ4n) is 2.12. The van der Waals surface area contributed by atoms with Gasteiger partial charge in [-0.25, -0.2) is 4.98 Å². The molecule has 3 nitrogen and oxygen atoms in total. The van der Waals surface area contributed by atoms with Crippen LogP contribution in [-0.2, 0) is 6.54 Å². The predicted molar refractivity (Wildman–Crippen MR) is 67.5 cm³/mol. The Morgan fingerprint density at radius 2 is 2.19 bits per heavy atom. The quantitative estimate of drug-likeness (QED) is 0.824. The van der Waals surface area contributed by atoms with E-state index >= 15 is 0 Å². The highest BCUT2D eigenvalue weighted by Crippen LogP contribution is 2.14. The molecule has 2 rings (SSSR count). The SMILES string of the molecule is CCCNc1cc(CN2CCCC2)ccn1. The van der Waals surface area contributed by atoms with Crippen LogP contribution in [0.1, 0.15) is 31.7 Å². The second-order valence-corrected chi connectivity index (χ2v) is 4.46. The summed E-state index contributed by atoms with van der Waals surface area (Å²) in [5, 5.41) is 3.33. The third-order valence-corrected chi connectivity index (χ3v) is 2.99. The van der Waals surface area contributed by atoms with Crippen LogP contribution in [0.15, 0.2) is 18.3 Å². The molecule has 1 fully saturated rings. The third-order valence-electron chi connectivity index (χ3n) is 2.99. The summed E-state index contributed by atoms with van der Waals surface area (Å²) < 4.78 is 0. The summed E-state index contributed by atoms with van der Waals surface area (Å²) in [5.41, 5.74) is 1.37. The molecule has 0 saturated carbocycles. The van der Waals surface area contributed by atoms with Crippen LogP contribution in [0.2, 0.25) is 0 Å². The second-order valence-electron chi connectivity index (χ2n) is 4.46. The molecule has 16 heavy (non-hydrogen) atoms. The number of pyridine rings is 1. The van der Waals surface area contributed by atoms with Gasteiger partial charge in [0.1, 0.15) is 5.82 Å². The molecule has 1 N–H and O–H groups in total. The minimum absolute atomic E-state index is 1.00. The van der Waals surface area contributed by atoms with Gasteiger partial charge in [0.05, 0.1) is 0 Å². The molecule has 88 valence electrons. The molecule has 0 aliphatic carbocycles. The van der Waals surface area contributed by atoms with Crippen molar-refractivity contribution in [3.8, 4) is 0 Å². The topological polar surface area (TPSA) is 28.2 Å². The van der Waals surface area contributed by atoms with Crippen LogP contribution in [0.25, 0.3) is 0 Å². The second kappa shape index (κ2) is 5.85. The van der Waals surface area contributed by atoms with Gasteiger partial charge >= 0.3 is 0 Å². The van der Waals surface area contributed by atoms with Gasteiger partial charge in [-0.1, -0.05) is 6.92 Å². The Hall–Kier alpha value is -1.09. The fraction of sp³-hybridized carbons (Fsp3) is 0.615. The molecule has 0 unspecified atom stereocenters. The Bertz CT molecular complexity index is 319. The smallest absolute Gasteiger partial charge is 0.126 e. The Morgan fingerprint density at radius 3 is 2.94 bits per heavy atom. The van der Waals surface area contributed by atoms with Crippen LogP contribution >= 0.6 is 0 Å². The maximum Gasteiger partial charge on any atom is 0.126 e. The standard InChI is InChI=1S/C13H21N3/c1-2-6-14-13-10-12(5-7-15-13)11-16-8-3-4-9-16/h5,7,10H,2-4,6,8-9,11H2,1H3,(H,14,15). The van der Waals surface area contributed by atoms with Crippen molar-refractivity contribution in [1.29, 1.82) is 0 Å². The van der Waals surface area contributed by atoms with Crippen molar-refractivity contribution in [2.75, 3.05) is 25.0 Å². The number of hydrogen-bond acceptors (Lipinski definition) is 3. The molecule has 1 aliphatic heterocycles. The number of hydrogen-bond donors (Lipinski definition) is 1. The van der Waals surface area contributed by atoms with E-state index in [1.165, 1.54) is 31.5 Å². The van der Waals surface area contributed by atoms with Gasteiger partial charge < -0.3 is 5.32 Å². The lowest BCUT2D eigenvalue weighted by Crippen LogP contribution is -2.18. The Kier molecular flexibility index (Phi) is 4.17. The monoisotopic (exact) mass is 219 g/mol. The van der Waals surface area contributed by atoms with E-state index in [4.69, 9.17) is 0 Å². The first-order valence-electron chi connectivity index (χ1n) is 6.29. The molecule has 1 aromatic heterocycles. The van der Waals surface area contributed by atoms with Crippen LogP contribution in [0.3, 0.4) is 0 Å². The highest BCUT2D eigenvalue weighted by Gasteiger charge is 2.11. The van der Waals surface area contributed by atoms with Gasteiger partial charge in [0.15, 0.2) is 0 Å². The lowest BCUT2D eigenvalue weighted by Gasteiger charge is -2.15. The zero-order valence-electron chi connectivity index (χ0n) is 10.1. The summed E-state index contributed by atoms with van der Waals surface area (Å²) in [6.45, 7) is 6.74. The number of anilines is 1. The lowest BCUT2D eigenvalue weighted by molar-refractivity contribution is 0.331. The van der Waals surface area contributed by atoms with Gasteiger partial charge in [-0.2, -0.15) is 0 Å². The van der Waals surface area contributed by atoms with E-state index < -0.39 is 0 Å². The van der Waals surface area contributed by atoms with Gasteiger partial charge in [-0.3, -0.25) is 4.90 Å². The number of nitrogens with one attached hydrogen (secondary N) is 1. The van der Waals surface area contributed by atoms with E-state index in [0.717, 1.165) is 25.3 Å². The first-order valence-corrected chi connectivity index (χ1v) is 6.29. The summed E-state index contributed by atoms with van der Waals surface area (Å²) >= 11 is 0. The fourth-order valence-corrected chi connectivity index (χ4v) is 2.12. The zero-order chi connectivity index (χ0) is 11.2. The summed E-state index contributed by atoms with van der Waals surface area (Å²) in [6.07, 6.45) is 5.75. The van der Waals surface area contributed by atoms with Gasteiger partial charge in [0, 0.05) is 19.3 Å². The Balaban J connectivity index is 1.92. The van der Waals surface area contributed by atoms with Crippen LogP contribution in [0.4, 0.5) is 5.82 Å². The lowest BCUT2D eigenvalue weighted by atomic mass is 10.2. The van der Waals surface area contributed by atoms with E-state index in [2.05, 4.69) is 34.3 Å². The summed E-state index contributed by atoms with van der Waals surface area (Å²) in [4.78, 5) is 6.83. The van der Waals surface area contributed by atoms with Crippen molar-refractivity contribution in [2.45, 2.75) is 32.7 Å². The summed E-state index contributed by atoms with van der Waals surface area (Å²) in [7, 11) is 0. The first-order chi connectivity index (χ1) is 7.88. The predicted octanol–water partition coefficient (Wildman–Crippen LogP) is 2.50. The van der Waals surface area contributed by atoms with Crippen molar-refractivity contribution >= 4 is 5.82 Å². The minimum Gasteiger partial charge on any atom is -0.370 e. The number of rotatable bonds is 5. The molecule has 1 aromatic rings. The van der Waals surface area contributed by atoms with Crippen LogP contribution < -0.4 is 5.32 Å². The van der Waals surface area contributed by atoms with Gasteiger partial charge in [0.2, 0.25) is 0 Å². The number of aromatic nitrogens is 1. The minimum atomic E-state index is 1.00. The van der Waals surface area contributed by atoms with Gasteiger partial charge in [-0.15, -0.1) is 0 Å².